The van der Waals surface area contributed by atoms with Crippen LogP contribution in [0.5, 0.6) is 5.75 Å². The molecule has 5 heteroatoms. The summed E-state index contributed by atoms with van der Waals surface area (Å²) in [5, 5.41) is 12.7. The maximum absolute atomic E-state index is 12.9. The van der Waals surface area contributed by atoms with E-state index in [1.165, 1.54) is 12.1 Å². The van der Waals surface area contributed by atoms with Crippen LogP contribution < -0.4 is 5.32 Å². The monoisotopic (exact) mass is 295 g/mol. The van der Waals surface area contributed by atoms with Gasteiger partial charge in [-0.3, -0.25) is 0 Å². The van der Waals surface area contributed by atoms with Gasteiger partial charge in [-0.05, 0) is 37.6 Å². The second kappa shape index (κ2) is 5.68. The largest absolute Gasteiger partial charge is 0.508 e. The number of rotatable bonds is 3. The van der Waals surface area contributed by atoms with Crippen molar-refractivity contribution in [3.63, 3.8) is 0 Å². The van der Waals surface area contributed by atoms with Gasteiger partial charge in [0.2, 0.25) is 0 Å². The number of aryl methyl sites for hydroxylation is 1. The molecule has 21 heavy (non-hydrogen) atoms. The van der Waals surface area contributed by atoms with Gasteiger partial charge in [0.15, 0.2) is 0 Å². The van der Waals surface area contributed by atoms with E-state index in [0.29, 0.717) is 5.56 Å². The number of para-hydroxylation sites is 1. The Morgan fingerprint density at radius 3 is 2.38 bits per heavy atom. The highest BCUT2D eigenvalue weighted by Crippen LogP contribution is 2.36. The zero-order valence-electron chi connectivity index (χ0n) is 11.7. The first-order valence-electron chi connectivity index (χ1n) is 6.51. The molecule has 0 amide bonds. The maximum atomic E-state index is 12.9. The lowest BCUT2D eigenvalue weighted by atomic mass is 10.0. The number of hydrogen-bond acceptors (Lipinski definition) is 2. The van der Waals surface area contributed by atoms with Crippen LogP contribution in [0.25, 0.3) is 0 Å². The number of phenolic OH excluding ortho intramolecular Hbond substituents is 1. The summed E-state index contributed by atoms with van der Waals surface area (Å²) in [7, 11) is 0. The Morgan fingerprint density at radius 2 is 1.76 bits per heavy atom. The quantitative estimate of drug-likeness (QED) is 0.844. The Hall–Kier alpha value is -2.17. The molecule has 0 aromatic heterocycles. The van der Waals surface area contributed by atoms with Crippen LogP contribution in [0.4, 0.5) is 18.9 Å². The predicted octanol–water partition coefficient (Wildman–Crippen LogP) is 4.89. The first-order valence-corrected chi connectivity index (χ1v) is 6.51. The topological polar surface area (TPSA) is 32.3 Å². The highest BCUT2D eigenvalue weighted by molar-refractivity contribution is 5.55. The van der Waals surface area contributed by atoms with Crippen molar-refractivity contribution in [1.82, 2.24) is 0 Å². The molecule has 0 saturated heterocycles. The number of phenols is 1. The van der Waals surface area contributed by atoms with Crippen molar-refractivity contribution < 1.29 is 18.3 Å². The number of aromatic hydroxyl groups is 1. The first kappa shape index (κ1) is 15.2. The van der Waals surface area contributed by atoms with Crippen LogP contribution in [-0.4, -0.2) is 5.11 Å². The van der Waals surface area contributed by atoms with Crippen molar-refractivity contribution in [2.24, 2.45) is 0 Å². The fraction of sp³-hybridized carbons (Fsp3) is 0.250. The third kappa shape index (κ3) is 3.48. The van der Waals surface area contributed by atoms with E-state index < -0.39 is 17.8 Å². The molecule has 2 aromatic rings. The Kier molecular flexibility index (Phi) is 4.11. The molecule has 2 N–H and O–H groups in total. The molecule has 0 aliphatic carbocycles. The third-order valence-electron chi connectivity index (χ3n) is 3.26. The summed E-state index contributed by atoms with van der Waals surface area (Å²) in [4.78, 5) is 0. The lowest BCUT2D eigenvalue weighted by Gasteiger charge is -2.20. The Balaban J connectivity index is 2.30. The second-order valence-corrected chi connectivity index (χ2v) is 4.97. The fourth-order valence-corrected chi connectivity index (χ4v) is 2.19. The minimum absolute atomic E-state index is 0.00234. The maximum Gasteiger partial charge on any atom is 0.418 e. The van der Waals surface area contributed by atoms with E-state index in [4.69, 9.17) is 0 Å². The molecule has 112 valence electrons. The molecule has 0 spiro atoms. The molecule has 0 bridgehead atoms. The standard InChI is InChI=1S/C16H16F3NO/c1-10-7-8-12(15(21)9-10)11(2)20-14-6-4-3-5-13(14)16(17,18)19/h3-9,11,20-21H,1-2H3. The summed E-state index contributed by atoms with van der Waals surface area (Å²) in [5.41, 5.74) is 0.720. The van der Waals surface area contributed by atoms with Crippen molar-refractivity contribution in [2.75, 3.05) is 5.32 Å². The Labute approximate surface area is 121 Å². The van der Waals surface area contributed by atoms with Crippen LogP contribution in [-0.2, 0) is 6.18 Å². The fourth-order valence-electron chi connectivity index (χ4n) is 2.19. The highest BCUT2D eigenvalue weighted by Gasteiger charge is 2.33. The summed E-state index contributed by atoms with van der Waals surface area (Å²) in [6, 6.07) is 9.95. The SMILES string of the molecule is Cc1ccc(C(C)Nc2ccccc2C(F)(F)F)c(O)c1. The average molecular weight is 295 g/mol. The van der Waals surface area contributed by atoms with E-state index in [0.717, 1.165) is 11.6 Å². The average Bonchev–Trinajstić information content (AvgIpc) is 2.37. The lowest BCUT2D eigenvalue weighted by molar-refractivity contribution is -0.137. The van der Waals surface area contributed by atoms with Gasteiger partial charge in [0.25, 0.3) is 0 Å². The minimum Gasteiger partial charge on any atom is -0.508 e. The van der Waals surface area contributed by atoms with Crippen LogP contribution >= 0.6 is 0 Å². The van der Waals surface area contributed by atoms with E-state index in [9.17, 15) is 18.3 Å². The molecular weight excluding hydrogens is 279 g/mol. The summed E-state index contributed by atoms with van der Waals surface area (Å²) < 4.78 is 38.8. The van der Waals surface area contributed by atoms with Crippen molar-refractivity contribution in [2.45, 2.75) is 26.1 Å². The number of alkyl halides is 3. The smallest absolute Gasteiger partial charge is 0.418 e. The van der Waals surface area contributed by atoms with E-state index in [1.54, 1.807) is 25.1 Å². The van der Waals surface area contributed by atoms with Crippen LogP contribution in [0.2, 0.25) is 0 Å². The minimum atomic E-state index is -4.42. The number of anilines is 1. The number of nitrogens with one attached hydrogen (secondary N) is 1. The number of benzene rings is 2. The predicted molar refractivity (Wildman–Crippen MR) is 76.3 cm³/mol. The molecule has 2 rings (SSSR count). The lowest BCUT2D eigenvalue weighted by Crippen LogP contribution is -2.13. The molecule has 0 aliphatic heterocycles. The molecule has 0 aliphatic rings. The summed E-state index contributed by atoms with van der Waals surface area (Å²) >= 11 is 0. The van der Waals surface area contributed by atoms with Gasteiger partial charge in [-0.15, -0.1) is 0 Å². The van der Waals surface area contributed by atoms with Crippen molar-refractivity contribution in [3.8, 4) is 5.75 Å². The summed E-state index contributed by atoms with van der Waals surface area (Å²) in [6.07, 6.45) is -4.42. The van der Waals surface area contributed by atoms with Crippen LogP contribution in [0.1, 0.15) is 29.7 Å². The zero-order valence-corrected chi connectivity index (χ0v) is 11.7. The van der Waals surface area contributed by atoms with Gasteiger partial charge in [-0.2, -0.15) is 13.2 Å². The Morgan fingerprint density at radius 1 is 1.10 bits per heavy atom. The van der Waals surface area contributed by atoms with E-state index in [1.807, 2.05) is 13.0 Å². The van der Waals surface area contributed by atoms with Gasteiger partial charge in [0, 0.05) is 11.3 Å². The zero-order chi connectivity index (χ0) is 15.6. The van der Waals surface area contributed by atoms with E-state index in [2.05, 4.69) is 5.32 Å². The van der Waals surface area contributed by atoms with Gasteiger partial charge < -0.3 is 10.4 Å². The second-order valence-electron chi connectivity index (χ2n) is 4.97. The molecular formula is C16H16F3NO. The molecule has 0 radical (unpaired) electrons. The number of halogens is 3. The molecule has 0 saturated carbocycles. The van der Waals surface area contributed by atoms with Crippen molar-refractivity contribution >= 4 is 5.69 Å². The van der Waals surface area contributed by atoms with Gasteiger partial charge in [-0.1, -0.05) is 24.3 Å². The molecule has 2 aromatic carbocycles. The number of hydrogen-bond donors (Lipinski definition) is 2. The van der Waals surface area contributed by atoms with Crippen molar-refractivity contribution in [3.05, 3.63) is 59.2 Å². The normalized spacial score (nSPS) is 13.0. The van der Waals surface area contributed by atoms with Crippen LogP contribution in [0.15, 0.2) is 42.5 Å². The Bertz CT molecular complexity index is 638. The van der Waals surface area contributed by atoms with E-state index in [-0.39, 0.29) is 11.4 Å². The van der Waals surface area contributed by atoms with Gasteiger partial charge in [0.05, 0.1) is 11.6 Å². The van der Waals surface area contributed by atoms with Crippen LogP contribution in [0.3, 0.4) is 0 Å². The van der Waals surface area contributed by atoms with Gasteiger partial charge in [0.1, 0.15) is 5.75 Å². The van der Waals surface area contributed by atoms with Gasteiger partial charge >= 0.3 is 6.18 Å². The highest BCUT2D eigenvalue weighted by atomic mass is 19.4. The van der Waals surface area contributed by atoms with Crippen LogP contribution in [0, 0.1) is 6.92 Å². The molecule has 0 heterocycles. The van der Waals surface area contributed by atoms with Gasteiger partial charge in [-0.25, -0.2) is 0 Å². The third-order valence-corrected chi connectivity index (χ3v) is 3.26. The summed E-state index contributed by atoms with van der Waals surface area (Å²) in [5.74, 6) is 0.0690. The summed E-state index contributed by atoms with van der Waals surface area (Å²) in [6.45, 7) is 3.54. The molecule has 2 nitrogen and oxygen atoms in total. The van der Waals surface area contributed by atoms with Crippen molar-refractivity contribution in [1.29, 1.82) is 0 Å². The molecule has 1 unspecified atom stereocenters. The first-order chi connectivity index (χ1) is 9.79. The van der Waals surface area contributed by atoms with E-state index >= 15 is 0 Å². The molecule has 1 atom stereocenters. The molecule has 0 fully saturated rings.